The van der Waals surface area contributed by atoms with E-state index in [-0.39, 0.29) is 4.83 Å². The molecular weight excluding hydrogens is 399 g/mol. The van der Waals surface area contributed by atoms with Gasteiger partial charge >= 0.3 is 0 Å². The normalized spacial score (nSPS) is 15.7. The van der Waals surface area contributed by atoms with Gasteiger partial charge in [-0.25, -0.2) is 0 Å². The van der Waals surface area contributed by atoms with E-state index in [1.54, 1.807) is 11.3 Å². The van der Waals surface area contributed by atoms with Crippen molar-refractivity contribution in [3.05, 3.63) is 54.6 Å². The first kappa shape index (κ1) is 13.1. The summed E-state index contributed by atoms with van der Waals surface area (Å²) in [6.45, 7) is 1.46. The molecule has 0 fully saturated rings. The van der Waals surface area contributed by atoms with Gasteiger partial charge in [-0.1, -0.05) is 45.7 Å². The molecule has 1 aromatic heterocycles. The summed E-state index contributed by atoms with van der Waals surface area (Å²) < 4.78 is 6.42. The second-order valence-electron chi connectivity index (χ2n) is 4.15. The number of alkyl halides is 1. The van der Waals surface area contributed by atoms with E-state index in [4.69, 9.17) is 16.3 Å². The molecule has 2 heterocycles. The van der Waals surface area contributed by atoms with Gasteiger partial charge in [0, 0.05) is 4.88 Å². The lowest BCUT2D eigenvalue weighted by Crippen LogP contribution is -1.92. The number of rotatable bonds is 2. The fourth-order valence-corrected chi connectivity index (χ4v) is 4.45. The first-order valence-corrected chi connectivity index (χ1v) is 8.33. The summed E-state index contributed by atoms with van der Waals surface area (Å²) in [5, 5.41) is 0.768. The smallest absolute Gasteiger partial charge is 0.0887 e. The summed E-state index contributed by atoms with van der Waals surface area (Å²) in [5.74, 6) is 0. The topological polar surface area (TPSA) is 9.23 Å². The highest BCUT2D eigenvalue weighted by molar-refractivity contribution is 9.11. The molecule has 0 amide bonds. The number of benzene rings is 1. The molecule has 0 N–H and O–H groups in total. The maximum Gasteiger partial charge on any atom is 0.0887 e. The minimum absolute atomic E-state index is 0.178. The molecule has 1 aliphatic rings. The molecule has 0 spiro atoms. The van der Waals surface area contributed by atoms with E-state index < -0.39 is 0 Å². The van der Waals surface area contributed by atoms with Crippen molar-refractivity contribution in [2.75, 3.05) is 0 Å². The van der Waals surface area contributed by atoms with Gasteiger partial charge < -0.3 is 4.74 Å². The number of hydrogen-bond donors (Lipinski definition) is 0. The average Bonchev–Trinajstić information content (AvgIpc) is 2.95. The Kier molecular flexibility index (Phi) is 3.83. The third-order valence-electron chi connectivity index (χ3n) is 2.95. The molecule has 18 heavy (non-hydrogen) atoms. The zero-order valence-electron chi connectivity index (χ0n) is 9.25. The molecule has 1 unspecified atom stereocenters. The fraction of sp³-hybridized carbons (Fsp3) is 0.231. The zero-order chi connectivity index (χ0) is 12.7. The minimum atomic E-state index is 0.178. The third-order valence-corrected chi connectivity index (χ3v) is 6.82. The maximum atomic E-state index is 6.08. The Morgan fingerprint density at radius 1 is 1.22 bits per heavy atom. The first-order valence-electron chi connectivity index (χ1n) is 5.43. The summed E-state index contributed by atoms with van der Waals surface area (Å²) in [5.41, 5.74) is 3.83. The first-order chi connectivity index (χ1) is 8.65. The molecular formula is C13H9Br2ClOS. The van der Waals surface area contributed by atoms with E-state index in [0.29, 0.717) is 0 Å². The van der Waals surface area contributed by atoms with Gasteiger partial charge in [-0.05, 0) is 38.7 Å². The van der Waals surface area contributed by atoms with E-state index in [2.05, 4.69) is 50.1 Å². The Balaban J connectivity index is 1.94. The molecule has 0 bridgehead atoms. The Bertz CT molecular complexity index is 577. The van der Waals surface area contributed by atoms with Gasteiger partial charge in [0.1, 0.15) is 0 Å². The molecule has 0 aliphatic carbocycles. The SMILES string of the molecule is Clc1cc(C(Br)c2ccc3c(c2)COC3)sc1Br. The average molecular weight is 409 g/mol. The second-order valence-corrected chi connectivity index (χ2v) is 7.88. The van der Waals surface area contributed by atoms with Gasteiger partial charge in [0.15, 0.2) is 0 Å². The molecule has 1 nitrogen and oxygen atoms in total. The molecule has 3 rings (SSSR count). The summed E-state index contributed by atoms with van der Waals surface area (Å²) in [6.07, 6.45) is 0. The second kappa shape index (κ2) is 5.25. The van der Waals surface area contributed by atoms with Crippen LogP contribution < -0.4 is 0 Å². The number of fused-ring (bicyclic) bond motifs is 1. The van der Waals surface area contributed by atoms with Crippen LogP contribution in [0.5, 0.6) is 0 Å². The summed E-state index contributed by atoms with van der Waals surface area (Å²) >= 11 is 14.9. The van der Waals surface area contributed by atoms with Crippen LogP contribution in [-0.4, -0.2) is 0 Å². The monoisotopic (exact) mass is 406 g/mol. The van der Waals surface area contributed by atoms with E-state index in [9.17, 15) is 0 Å². The quantitative estimate of drug-likeness (QED) is 0.581. The van der Waals surface area contributed by atoms with Crippen molar-refractivity contribution in [2.45, 2.75) is 18.0 Å². The Morgan fingerprint density at radius 2 is 2.00 bits per heavy atom. The number of thiophene rings is 1. The Labute approximate surface area is 131 Å². The largest absolute Gasteiger partial charge is 0.372 e. The molecule has 1 atom stereocenters. The van der Waals surface area contributed by atoms with Crippen molar-refractivity contribution >= 4 is 54.8 Å². The van der Waals surface area contributed by atoms with Crippen molar-refractivity contribution in [2.24, 2.45) is 0 Å². The molecule has 0 saturated heterocycles. The van der Waals surface area contributed by atoms with Crippen LogP contribution in [0.4, 0.5) is 0 Å². The Hall–Kier alpha value is 0.130. The van der Waals surface area contributed by atoms with Crippen LogP contribution in [0.2, 0.25) is 5.02 Å². The van der Waals surface area contributed by atoms with Gasteiger partial charge in [-0.15, -0.1) is 11.3 Å². The van der Waals surface area contributed by atoms with E-state index >= 15 is 0 Å². The predicted octanol–water partition coefficient (Wildman–Crippen LogP) is 5.68. The number of ether oxygens (including phenoxy) is 1. The highest BCUT2D eigenvalue weighted by atomic mass is 79.9. The van der Waals surface area contributed by atoms with Gasteiger partial charge in [0.25, 0.3) is 0 Å². The highest BCUT2D eigenvalue weighted by Gasteiger charge is 2.18. The molecule has 0 saturated carbocycles. The summed E-state index contributed by atoms with van der Waals surface area (Å²) in [6, 6.07) is 8.51. The van der Waals surface area contributed by atoms with E-state index in [1.165, 1.54) is 21.6 Å². The van der Waals surface area contributed by atoms with Gasteiger partial charge in [-0.3, -0.25) is 0 Å². The fourth-order valence-electron chi connectivity index (χ4n) is 2.00. The predicted molar refractivity (Wildman–Crippen MR) is 82.7 cm³/mol. The molecule has 2 aromatic rings. The standard InChI is InChI=1S/C13H9Br2ClOS/c14-12(11-4-10(16)13(15)18-11)7-1-2-8-5-17-6-9(8)3-7/h1-4,12H,5-6H2. The molecule has 5 heteroatoms. The van der Waals surface area contributed by atoms with E-state index in [1.807, 2.05) is 6.07 Å². The molecule has 94 valence electrons. The third kappa shape index (κ3) is 2.41. The lowest BCUT2D eigenvalue weighted by molar-refractivity contribution is 0.134. The van der Waals surface area contributed by atoms with Crippen LogP contribution in [0.15, 0.2) is 28.1 Å². The van der Waals surface area contributed by atoms with Gasteiger partial charge in [0.2, 0.25) is 0 Å². The van der Waals surface area contributed by atoms with Gasteiger partial charge in [-0.2, -0.15) is 0 Å². The zero-order valence-corrected chi connectivity index (χ0v) is 14.0. The van der Waals surface area contributed by atoms with Gasteiger partial charge in [0.05, 0.1) is 26.8 Å². The minimum Gasteiger partial charge on any atom is -0.372 e. The van der Waals surface area contributed by atoms with Crippen molar-refractivity contribution < 1.29 is 4.74 Å². The lowest BCUT2D eigenvalue weighted by atomic mass is 10.0. The van der Waals surface area contributed by atoms with Crippen molar-refractivity contribution in [3.63, 3.8) is 0 Å². The maximum absolute atomic E-state index is 6.08. The molecule has 1 aliphatic heterocycles. The molecule has 0 radical (unpaired) electrons. The number of halogens is 3. The lowest BCUT2D eigenvalue weighted by Gasteiger charge is -2.09. The van der Waals surface area contributed by atoms with Crippen molar-refractivity contribution in [3.8, 4) is 0 Å². The summed E-state index contributed by atoms with van der Waals surface area (Å²) in [4.78, 5) is 1.38. The van der Waals surface area contributed by atoms with Crippen LogP contribution in [0.25, 0.3) is 0 Å². The number of hydrogen-bond acceptors (Lipinski definition) is 2. The molecule has 1 aromatic carbocycles. The van der Waals surface area contributed by atoms with Crippen LogP contribution in [0, 0.1) is 0 Å². The van der Waals surface area contributed by atoms with Crippen LogP contribution in [0.1, 0.15) is 26.4 Å². The van der Waals surface area contributed by atoms with Crippen LogP contribution in [0.3, 0.4) is 0 Å². The van der Waals surface area contributed by atoms with Crippen molar-refractivity contribution in [1.29, 1.82) is 0 Å². The van der Waals surface area contributed by atoms with Crippen LogP contribution >= 0.6 is 54.8 Å². The van der Waals surface area contributed by atoms with Crippen molar-refractivity contribution in [1.82, 2.24) is 0 Å². The van der Waals surface area contributed by atoms with E-state index in [0.717, 1.165) is 22.0 Å². The van der Waals surface area contributed by atoms with Crippen LogP contribution in [-0.2, 0) is 18.0 Å². The Morgan fingerprint density at radius 3 is 2.72 bits per heavy atom. The summed E-state index contributed by atoms with van der Waals surface area (Å²) in [7, 11) is 0. The highest BCUT2D eigenvalue weighted by Crippen LogP contribution is 2.41.